The lowest BCUT2D eigenvalue weighted by Crippen LogP contribution is -2.17. The van der Waals surface area contributed by atoms with E-state index in [-0.39, 0.29) is 18.3 Å². The molecule has 0 unspecified atom stereocenters. The van der Waals surface area contributed by atoms with Gasteiger partial charge in [0.1, 0.15) is 12.4 Å². The first kappa shape index (κ1) is 13.5. The van der Waals surface area contributed by atoms with Gasteiger partial charge < -0.3 is 10.1 Å². The van der Waals surface area contributed by atoms with E-state index in [4.69, 9.17) is 4.74 Å². The highest BCUT2D eigenvalue weighted by Crippen LogP contribution is 2.12. The molecule has 1 aromatic rings. The number of aryl methyl sites for hydroxylation is 1. The fourth-order valence-corrected chi connectivity index (χ4v) is 1.39. The maximum absolute atomic E-state index is 13.0. The Hall–Kier alpha value is -1.58. The first-order valence-electron chi connectivity index (χ1n) is 5.78. The van der Waals surface area contributed by atoms with Gasteiger partial charge in [0, 0.05) is 5.69 Å². The van der Waals surface area contributed by atoms with Crippen molar-refractivity contribution in [2.75, 3.05) is 18.5 Å². The minimum absolute atomic E-state index is 0.0621. The van der Waals surface area contributed by atoms with Crippen LogP contribution >= 0.6 is 0 Å². The predicted molar refractivity (Wildman–Crippen MR) is 65.5 cm³/mol. The average molecular weight is 239 g/mol. The number of rotatable bonds is 6. The summed E-state index contributed by atoms with van der Waals surface area (Å²) in [5, 5.41) is 2.84. The van der Waals surface area contributed by atoms with Gasteiger partial charge in [-0.2, -0.15) is 0 Å². The largest absolute Gasteiger partial charge is 0.464 e. The van der Waals surface area contributed by atoms with Crippen molar-refractivity contribution < 1.29 is 13.9 Å². The van der Waals surface area contributed by atoms with E-state index in [1.807, 2.05) is 6.92 Å². The van der Waals surface area contributed by atoms with E-state index >= 15 is 0 Å². The second-order valence-electron chi connectivity index (χ2n) is 3.94. The minimum Gasteiger partial charge on any atom is -0.464 e. The molecule has 4 heteroatoms. The molecule has 0 aromatic heterocycles. The van der Waals surface area contributed by atoms with E-state index in [1.165, 1.54) is 12.1 Å². The molecule has 17 heavy (non-hydrogen) atoms. The lowest BCUT2D eigenvalue weighted by Gasteiger charge is -2.07. The summed E-state index contributed by atoms with van der Waals surface area (Å²) in [6.07, 6.45) is 1.86. The Labute approximate surface area is 101 Å². The summed E-state index contributed by atoms with van der Waals surface area (Å²) in [5.41, 5.74) is 1.40. The van der Waals surface area contributed by atoms with Crippen molar-refractivity contribution >= 4 is 11.7 Å². The number of anilines is 1. The van der Waals surface area contributed by atoms with E-state index in [2.05, 4.69) is 5.32 Å². The third kappa shape index (κ3) is 5.33. The molecule has 0 heterocycles. The highest BCUT2D eigenvalue weighted by molar-refractivity contribution is 5.75. The van der Waals surface area contributed by atoms with Crippen LogP contribution in [0.25, 0.3) is 0 Å². The van der Waals surface area contributed by atoms with Crippen molar-refractivity contribution in [3.05, 3.63) is 29.6 Å². The first-order chi connectivity index (χ1) is 8.11. The molecule has 1 rings (SSSR count). The van der Waals surface area contributed by atoms with Gasteiger partial charge in [-0.3, -0.25) is 4.79 Å². The molecule has 0 saturated carbocycles. The van der Waals surface area contributed by atoms with E-state index in [1.54, 1.807) is 13.0 Å². The summed E-state index contributed by atoms with van der Waals surface area (Å²) >= 11 is 0. The van der Waals surface area contributed by atoms with Crippen molar-refractivity contribution in [3.63, 3.8) is 0 Å². The Morgan fingerprint density at radius 1 is 1.41 bits per heavy atom. The minimum atomic E-state index is -0.319. The van der Waals surface area contributed by atoms with Crippen LogP contribution in [0.2, 0.25) is 0 Å². The quantitative estimate of drug-likeness (QED) is 0.612. The van der Waals surface area contributed by atoms with Crippen LogP contribution in [0.3, 0.4) is 0 Å². The van der Waals surface area contributed by atoms with Crippen molar-refractivity contribution in [2.24, 2.45) is 0 Å². The fourth-order valence-electron chi connectivity index (χ4n) is 1.39. The number of esters is 1. The van der Waals surface area contributed by atoms with Gasteiger partial charge in [0.2, 0.25) is 0 Å². The monoisotopic (exact) mass is 239 g/mol. The number of nitrogens with one attached hydrogen (secondary N) is 1. The Kier molecular flexibility index (Phi) is 5.46. The van der Waals surface area contributed by atoms with Crippen molar-refractivity contribution in [2.45, 2.75) is 26.7 Å². The Morgan fingerprint density at radius 2 is 2.18 bits per heavy atom. The molecule has 1 N–H and O–H groups in total. The molecular formula is C13H18FNO2. The number of benzene rings is 1. The molecule has 94 valence electrons. The number of carbonyl (C=O) groups is 1. The number of ether oxygens (including phenoxy) is 1. The predicted octanol–water partition coefficient (Wildman–Crippen LogP) is 2.89. The molecule has 0 bridgehead atoms. The third-order valence-electron chi connectivity index (χ3n) is 2.24. The van der Waals surface area contributed by atoms with Gasteiger partial charge in [0.25, 0.3) is 0 Å². The SMILES string of the molecule is CCCCOC(=O)CNc1cc(C)cc(F)c1. The number of halogens is 1. The number of carbonyl (C=O) groups excluding carboxylic acids is 1. The summed E-state index contributed by atoms with van der Waals surface area (Å²) in [5.74, 6) is -0.632. The van der Waals surface area contributed by atoms with Gasteiger partial charge >= 0.3 is 5.97 Å². The number of hydrogen-bond acceptors (Lipinski definition) is 3. The van der Waals surface area contributed by atoms with Gasteiger partial charge in [-0.25, -0.2) is 4.39 Å². The van der Waals surface area contributed by atoms with Crippen LogP contribution in [-0.2, 0) is 9.53 Å². The summed E-state index contributed by atoms with van der Waals surface area (Å²) in [6, 6.07) is 4.57. The maximum atomic E-state index is 13.0. The highest BCUT2D eigenvalue weighted by atomic mass is 19.1. The summed E-state index contributed by atoms with van der Waals surface area (Å²) in [6.45, 7) is 4.33. The molecule has 0 spiro atoms. The molecule has 0 atom stereocenters. The third-order valence-corrected chi connectivity index (χ3v) is 2.24. The smallest absolute Gasteiger partial charge is 0.325 e. The maximum Gasteiger partial charge on any atom is 0.325 e. The average Bonchev–Trinajstić information content (AvgIpc) is 2.25. The van der Waals surface area contributed by atoms with E-state index in [9.17, 15) is 9.18 Å². The molecule has 0 aliphatic heterocycles. The zero-order valence-corrected chi connectivity index (χ0v) is 10.3. The highest BCUT2D eigenvalue weighted by Gasteiger charge is 2.03. The van der Waals surface area contributed by atoms with Crippen LogP contribution in [-0.4, -0.2) is 19.1 Å². The van der Waals surface area contributed by atoms with Gasteiger partial charge in [-0.15, -0.1) is 0 Å². The van der Waals surface area contributed by atoms with E-state index in [0.717, 1.165) is 18.4 Å². The van der Waals surface area contributed by atoms with E-state index in [0.29, 0.717) is 12.3 Å². The zero-order chi connectivity index (χ0) is 12.7. The van der Waals surface area contributed by atoms with Crippen LogP contribution < -0.4 is 5.32 Å². The molecule has 0 amide bonds. The second kappa shape index (κ2) is 6.89. The van der Waals surface area contributed by atoms with Gasteiger partial charge in [-0.05, 0) is 37.1 Å². The molecule has 3 nitrogen and oxygen atoms in total. The first-order valence-corrected chi connectivity index (χ1v) is 5.78. The lowest BCUT2D eigenvalue weighted by atomic mass is 10.2. The van der Waals surface area contributed by atoms with Crippen LogP contribution in [0.4, 0.5) is 10.1 Å². The molecule has 1 aromatic carbocycles. The molecular weight excluding hydrogens is 221 g/mol. The fraction of sp³-hybridized carbons (Fsp3) is 0.462. The summed E-state index contributed by atoms with van der Waals surface area (Å²) < 4.78 is 18.0. The molecule has 0 aliphatic carbocycles. The summed E-state index contributed by atoms with van der Waals surface area (Å²) in [7, 11) is 0. The van der Waals surface area contributed by atoms with Crippen molar-refractivity contribution in [1.82, 2.24) is 0 Å². The molecule has 0 radical (unpaired) electrons. The van der Waals surface area contributed by atoms with Crippen LogP contribution in [0, 0.1) is 12.7 Å². The van der Waals surface area contributed by atoms with Crippen molar-refractivity contribution in [3.8, 4) is 0 Å². The van der Waals surface area contributed by atoms with Gasteiger partial charge in [-0.1, -0.05) is 13.3 Å². The van der Waals surface area contributed by atoms with E-state index < -0.39 is 0 Å². The molecule has 0 fully saturated rings. The Balaban J connectivity index is 2.36. The summed E-state index contributed by atoms with van der Waals surface area (Å²) in [4.78, 5) is 11.3. The lowest BCUT2D eigenvalue weighted by molar-refractivity contribution is -0.141. The molecule has 0 aliphatic rings. The standard InChI is InChI=1S/C13H18FNO2/c1-3-4-5-17-13(16)9-15-12-7-10(2)6-11(14)8-12/h6-8,15H,3-5,9H2,1-2H3. The van der Waals surface area contributed by atoms with Crippen LogP contribution in [0.1, 0.15) is 25.3 Å². The van der Waals surface area contributed by atoms with Crippen molar-refractivity contribution in [1.29, 1.82) is 0 Å². The normalized spacial score (nSPS) is 10.1. The van der Waals surface area contributed by atoms with Crippen LogP contribution in [0.5, 0.6) is 0 Å². The second-order valence-corrected chi connectivity index (χ2v) is 3.94. The number of unbranched alkanes of at least 4 members (excludes halogenated alkanes) is 1. The topological polar surface area (TPSA) is 38.3 Å². The van der Waals surface area contributed by atoms with Crippen LogP contribution in [0.15, 0.2) is 18.2 Å². The number of hydrogen-bond donors (Lipinski definition) is 1. The zero-order valence-electron chi connectivity index (χ0n) is 10.3. The Bertz CT molecular complexity index is 359. The Morgan fingerprint density at radius 3 is 2.82 bits per heavy atom. The van der Waals surface area contributed by atoms with Gasteiger partial charge in [0.05, 0.1) is 6.61 Å². The molecule has 0 saturated heterocycles. The van der Waals surface area contributed by atoms with Gasteiger partial charge in [0.15, 0.2) is 0 Å².